The maximum absolute atomic E-state index is 13.2. The van der Waals surface area contributed by atoms with E-state index in [1.807, 2.05) is 0 Å². The highest BCUT2D eigenvalue weighted by Crippen LogP contribution is 2.32. The van der Waals surface area contributed by atoms with Gasteiger partial charge in [-0.05, 0) is 50.5 Å². The minimum atomic E-state index is -4.56. The minimum absolute atomic E-state index is 0.136. The second-order valence-electron chi connectivity index (χ2n) is 5.88. The smallest absolute Gasteiger partial charge is 0.340 e. The Balaban J connectivity index is 1.94. The van der Waals surface area contributed by atoms with Gasteiger partial charge in [0.1, 0.15) is 0 Å². The van der Waals surface area contributed by atoms with Gasteiger partial charge in [0.25, 0.3) is 0 Å². The number of alkyl halides is 3. The monoisotopic (exact) mass is 329 g/mol. The van der Waals surface area contributed by atoms with Crippen LogP contribution in [0.4, 0.5) is 13.2 Å². The zero-order valence-electron chi connectivity index (χ0n) is 13.1. The summed E-state index contributed by atoms with van der Waals surface area (Å²) >= 11 is 0. The summed E-state index contributed by atoms with van der Waals surface area (Å²) in [6.45, 7) is 4.84. The van der Waals surface area contributed by atoms with Crippen molar-refractivity contribution in [2.45, 2.75) is 38.4 Å². The van der Waals surface area contributed by atoms with Crippen LogP contribution in [0.1, 0.15) is 37.9 Å². The highest BCUT2D eigenvalue weighted by molar-refractivity contribution is 5.76. The first-order valence-corrected chi connectivity index (χ1v) is 7.89. The normalized spacial score (nSPS) is 18.6. The van der Waals surface area contributed by atoms with Crippen molar-refractivity contribution in [3.8, 4) is 0 Å². The van der Waals surface area contributed by atoms with Gasteiger partial charge < -0.3 is 10.2 Å². The lowest BCUT2D eigenvalue weighted by atomic mass is 9.93. The first kappa shape index (κ1) is 17.7. The number of nitrogens with one attached hydrogen (secondary N) is 1. The Morgan fingerprint density at radius 3 is 2.61 bits per heavy atom. The van der Waals surface area contributed by atoms with Crippen LogP contribution in [0.3, 0.4) is 0 Å². The van der Waals surface area contributed by atoms with Crippen LogP contribution >= 0.6 is 0 Å². The minimum Gasteiger partial charge on any atom is -0.340 e. The van der Waals surface area contributed by atoms with Gasteiger partial charge in [0.2, 0.25) is 5.91 Å². The standard InChI is InChI=1S/C16H22F3N3O/c1-2-22-9-6-12(7-10-22)11-14(23)21-15(16(17,18)19)13-5-3-4-8-20-13/h3-5,8,12,15H,2,6-7,9-11H2,1H3,(H,21,23). The zero-order chi connectivity index (χ0) is 16.9. The molecule has 1 aromatic heterocycles. The average Bonchev–Trinajstić information content (AvgIpc) is 2.53. The molecule has 0 saturated carbocycles. The number of piperidine rings is 1. The molecule has 1 unspecified atom stereocenters. The number of halogens is 3. The molecule has 4 nitrogen and oxygen atoms in total. The molecule has 23 heavy (non-hydrogen) atoms. The lowest BCUT2D eigenvalue weighted by Crippen LogP contribution is -2.40. The molecule has 1 aliphatic heterocycles. The summed E-state index contributed by atoms with van der Waals surface area (Å²) in [4.78, 5) is 18.0. The van der Waals surface area contributed by atoms with Gasteiger partial charge in [-0.15, -0.1) is 0 Å². The van der Waals surface area contributed by atoms with Crippen molar-refractivity contribution in [1.82, 2.24) is 15.2 Å². The molecule has 1 atom stereocenters. The molecule has 0 radical (unpaired) electrons. The molecular weight excluding hydrogens is 307 g/mol. The Bertz CT molecular complexity index is 499. The van der Waals surface area contributed by atoms with E-state index >= 15 is 0 Å². The van der Waals surface area contributed by atoms with Gasteiger partial charge in [0, 0.05) is 12.6 Å². The first-order chi connectivity index (χ1) is 10.9. The van der Waals surface area contributed by atoms with Gasteiger partial charge in [-0.25, -0.2) is 0 Å². The highest BCUT2D eigenvalue weighted by atomic mass is 19.4. The van der Waals surface area contributed by atoms with Crippen LogP contribution in [0, 0.1) is 5.92 Å². The fourth-order valence-corrected chi connectivity index (χ4v) is 2.86. The number of hydrogen-bond donors (Lipinski definition) is 1. The Kier molecular flexibility index (Phi) is 5.98. The van der Waals surface area contributed by atoms with Crippen molar-refractivity contribution in [3.63, 3.8) is 0 Å². The van der Waals surface area contributed by atoms with Gasteiger partial charge in [-0.1, -0.05) is 13.0 Å². The van der Waals surface area contributed by atoms with Crippen molar-refractivity contribution in [3.05, 3.63) is 30.1 Å². The maximum Gasteiger partial charge on any atom is 0.414 e. The Morgan fingerprint density at radius 1 is 1.39 bits per heavy atom. The van der Waals surface area contributed by atoms with Gasteiger partial charge in [-0.3, -0.25) is 9.78 Å². The zero-order valence-corrected chi connectivity index (χ0v) is 13.1. The number of likely N-dealkylation sites (tertiary alicyclic amines) is 1. The summed E-state index contributed by atoms with van der Waals surface area (Å²) in [6, 6.07) is 2.25. The van der Waals surface area contributed by atoms with Gasteiger partial charge in [0.15, 0.2) is 6.04 Å². The molecule has 1 aliphatic rings. The molecule has 1 aromatic rings. The van der Waals surface area contributed by atoms with Crippen molar-refractivity contribution >= 4 is 5.91 Å². The SMILES string of the molecule is CCN1CCC(CC(=O)NC(c2ccccn2)C(F)(F)F)CC1. The van der Waals surface area contributed by atoms with E-state index in [0.29, 0.717) is 0 Å². The number of aromatic nitrogens is 1. The predicted molar refractivity (Wildman–Crippen MR) is 80.6 cm³/mol. The number of nitrogens with zero attached hydrogens (tertiary/aromatic N) is 2. The fourth-order valence-electron chi connectivity index (χ4n) is 2.86. The van der Waals surface area contributed by atoms with E-state index in [1.54, 1.807) is 6.07 Å². The molecule has 0 aromatic carbocycles. The summed E-state index contributed by atoms with van der Waals surface area (Å²) in [6.07, 6.45) is -1.43. The Hall–Kier alpha value is -1.63. The second kappa shape index (κ2) is 7.77. The third kappa shape index (κ3) is 5.20. The molecule has 1 fully saturated rings. The number of rotatable bonds is 5. The number of hydrogen-bond acceptors (Lipinski definition) is 3. The molecule has 128 valence electrons. The van der Waals surface area contributed by atoms with Crippen LogP contribution in [0.25, 0.3) is 0 Å². The fraction of sp³-hybridized carbons (Fsp3) is 0.625. The van der Waals surface area contributed by atoms with Crippen LogP contribution in [0.5, 0.6) is 0 Å². The third-order valence-corrected chi connectivity index (χ3v) is 4.24. The number of pyridine rings is 1. The van der Waals surface area contributed by atoms with Gasteiger partial charge in [-0.2, -0.15) is 13.2 Å². The molecular formula is C16H22F3N3O. The molecule has 1 saturated heterocycles. The quantitative estimate of drug-likeness (QED) is 0.903. The Labute approximate surface area is 134 Å². The number of carbonyl (C=O) groups is 1. The van der Waals surface area contributed by atoms with Crippen LogP contribution in [0.15, 0.2) is 24.4 Å². The number of amides is 1. The lowest BCUT2D eigenvalue weighted by Gasteiger charge is -2.31. The molecule has 1 amide bonds. The molecule has 0 spiro atoms. The highest BCUT2D eigenvalue weighted by Gasteiger charge is 2.42. The predicted octanol–water partition coefficient (Wildman–Crippen LogP) is 2.92. The van der Waals surface area contributed by atoms with Crippen LogP contribution in [-0.2, 0) is 4.79 Å². The largest absolute Gasteiger partial charge is 0.414 e. The van der Waals surface area contributed by atoms with E-state index in [-0.39, 0.29) is 18.0 Å². The molecule has 0 aliphatic carbocycles. The van der Waals surface area contributed by atoms with Crippen molar-refractivity contribution in [1.29, 1.82) is 0 Å². The first-order valence-electron chi connectivity index (χ1n) is 7.89. The molecule has 7 heteroatoms. The van der Waals surface area contributed by atoms with E-state index in [9.17, 15) is 18.0 Å². The topological polar surface area (TPSA) is 45.2 Å². The van der Waals surface area contributed by atoms with Crippen LogP contribution < -0.4 is 5.32 Å². The average molecular weight is 329 g/mol. The van der Waals surface area contributed by atoms with E-state index in [2.05, 4.69) is 22.1 Å². The summed E-state index contributed by atoms with van der Waals surface area (Å²) < 4.78 is 39.5. The summed E-state index contributed by atoms with van der Waals surface area (Å²) in [7, 11) is 0. The van der Waals surface area contributed by atoms with Crippen molar-refractivity contribution < 1.29 is 18.0 Å². The summed E-state index contributed by atoms with van der Waals surface area (Å²) in [5.41, 5.74) is -0.186. The summed E-state index contributed by atoms with van der Waals surface area (Å²) in [5.74, 6) is -0.414. The van der Waals surface area contributed by atoms with E-state index in [4.69, 9.17) is 0 Å². The molecule has 1 N–H and O–H groups in total. The Morgan fingerprint density at radius 2 is 2.09 bits per heavy atom. The van der Waals surface area contributed by atoms with Crippen LogP contribution in [-0.4, -0.2) is 41.6 Å². The van der Waals surface area contributed by atoms with Gasteiger partial charge in [0.05, 0.1) is 5.69 Å². The molecule has 2 heterocycles. The lowest BCUT2D eigenvalue weighted by molar-refractivity contribution is -0.164. The van der Waals surface area contributed by atoms with E-state index in [1.165, 1.54) is 18.3 Å². The van der Waals surface area contributed by atoms with E-state index in [0.717, 1.165) is 32.5 Å². The third-order valence-electron chi connectivity index (χ3n) is 4.24. The maximum atomic E-state index is 13.2. The van der Waals surface area contributed by atoms with Crippen molar-refractivity contribution in [2.24, 2.45) is 5.92 Å². The summed E-state index contributed by atoms with van der Waals surface area (Å²) in [5, 5.41) is 2.11. The van der Waals surface area contributed by atoms with E-state index < -0.39 is 18.1 Å². The number of carbonyl (C=O) groups excluding carboxylic acids is 1. The second-order valence-corrected chi connectivity index (χ2v) is 5.88. The molecule has 2 rings (SSSR count). The van der Waals surface area contributed by atoms with Crippen LogP contribution in [0.2, 0.25) is 0 Å². The molecule has 0 bridgehead atoms. The van der Waals surface area contributed by atoms with Crippen molar-refractivity contribution in [2.75, 3.05) is 19.6 Å². The van der Waals surface area contributed by atoms with Gasteiger partial charge >= 0.3 is 6.18 Å².